The summed E-state index contributed by atoms with van der Waals surface area (Å²) in [6.45, 7) is 7.14. The lowest BCUT2D eigenvalue weighted by atomic mass is 10.1. The molecule has 0 saturated heterocycles. The van der Waals surface area contributed by atoms with Gasteiger partial charge in [0.15, 0.2) is 0 Å². The van der Waals surface area contributed by atoms with Crippen LogP contribution in [0.5, 0.6) is 0 Å². The van der Waals surface area contributed by atoms with E-state index in [1.807, 2.05) is 7.05 Å². The third kappa shape index (κ3) is 5.36. The van der Waals surface area contributed by atoms with Gasteiger partial charge in [-0.1, -0.05) is 26.7 Å². The Morgan fingerprint density at radius 1 is 1.24 bits per heavy atom. The number of hydrogen-bond acceptors (Lipinski definition) is 3. The van der Waals surface area contributed by atoms with E-state index >= 15 is 0 Å². The van der Waals surface area contributed by atoms with Crippen molar-refractivity contribution in [2.45, 2.75) is 58.0 Å². The van der Waals surface area contributed by atoms with Crippen LogP contribution in [-0.2, 0) is 0 Å². The molecule has 17 heavy (non-hydrogen) atoms. The molecule has 0 aromatic carbocycles. The third-order valence-corrected chi connectivity index (χ3v) is 3.78. The zero-order valence-corrected chi connectivity index (χ0v) is 11.8. The molecular formula is C14H30N2O. The highest BCUT2D eigenvalue weighted by atomic mass is 16.3. The molecule has 1 atom stereocenters. The largest absolute Gasteiger partial charge is 0.396 e. The Hall–Kier alpha value is -0.120. The zero-order chi connectivity index (χ0) is 12.7. The molecule has 2 N–H and O–H groups in total. The summed E-state index contributed by atoms with van der Waals surface area (Å²) in [4.78, 5) is 2.65. The van der Waals surface area contributed by atoms with E-state index in [1.165, 1.54) is 32.2 Å². The number of nitrogens with zero attached hydrogens (tertiary/aromatic N) is 1. The maximum atomic E-state index is 9.07. The Bertz CT molecular complexity index is 191. The van der Waals surface area contributed by atoms with E-state index in [0.717, 1.165) is 24.9 Å². The Morgan fingerprint density at radius 3 is 2.35 bits per heavy atom. The fraction of sp³-hybridized carbons (Fsp3) is 1.00. The summed E-state index contributed by atoms with van der Waals surface area (Å²) in [6.07, 6.45) is 6.37. The minimum atomic E-state index is 0.283. The molecule has 0 amide bonds. The highest BCUT2D eigenvalue weighted by Crippen LogP contribution is 2.24. The number of aliphatic hydroxyl groups is 1. The number of rotatable bonds is 8. The van der Waals surface area contributed by atoms with Gasteiger partial charge in [0, 0.05) is 31.8 Å². The molecule has 3 nitrogen and oxygen atoms in total. The van der Waals surface area contributed by atoms with Gasteiger partial charge >= 0.3 is 0 Å². The van der Waals surface area contributed by atoms with Gasteiger partial charge in [-0.2, -0.15) is 0 Å². The summed E-state index contributed by atoms with van der Waals surface area (Å²) in [5, 5.41) is 12.4. The van der Waals surface area contributed by atoms with E-state index in [1.54, 1.807) is 0 Å². The molecule has 0 bridgehead atoms. The van der Waals surface area contributed by atoms with E-state index in [9.17, 15) is 0 Å². The number of nitrogens with one attached hydrogen (secondary N) is 1. The third-order valence-electron chi connectivity index (χ3n) is 3.78. The van der Waals surface area contributed by atoms with Gasteiger partial charge in [-0.15, -0.1) is 0 Å². The van der Waals surface area contributed by atoms with E-state index in [0.29, 0.717) is 6.04 Å². The molecule has 1 aliphatic carbocycles. The molecular weight excluding hydrogens is 212 g/mol. The summed E-state index contributed by atoms with van der Waals surface area (Å²) in [5.74, 6) is 0.724. The SMILES string of the molecule is CNC(CCO)CN(CC(C)C)C1CCCC1. The number of likely N-dealkylation sites (N-methyl/N-ethyl adjacent to an activating group) is 1. The second kappa shape index (κ2) is 8.06. The van der Waals surface area contributed by atoms with Gasteiger partial charge in [-0.25, -0.2) is 0 Å². The Kier molecular flexibility index (Phi) is 7.09. The van der Waals surface area contributed by atoms with Crippen molar-refractivity contribution >= 4 is 0 Å². The standard InChI is InChI=1S/C14H30N2O/c1-12(2)10-16(14-6-4-5-7-14)11-13(15-3)8-9-17/h12-15,17H,4-11H2,1-3H3. The first-order valence-corrected chi connectivity index (χ1v) is 7.19. The molecule has 1 rings (SSSR count). The van der Waals surface area contributed by atoms with Gasteiger partial charge in [0.05, 0.1) is 0 Å². The van der Waals surface area contributed by atoms with Crippen molar-refractivity contribution in [3.05, 3.63) is 0 Å². The van der Waals surface area contributed by atoms with Crippen LogP contribution in [0.15, 0.2) is 0 Å². The molecule has 1 unspecified atom stereocenters. The van der Waals surface area contributed by atoms with E-state index in [2.05, 4.69) is 24.1 Å². The van der Waals surface area contributed by atoms with Crippen LogP contribution in [0.3, 0.4) is 0 Å². The molecule has 1 fully saturated rings. The van der Waals surface area contributed by atoms with E-state index < -0.39 is 0 Å². The Labute approximate surface area is 107 Å². The second-order valence-electron chi connectivity index (χ2n) is 5.78. The molecule has 0 aliphatic heterocycles. The summed E-state index contributed by atoms with van der Waals surface area (Å²) in [5.41, 5.74) is 0. The lowest BCUT2D eigenvalue weighted by Gasteiger charge is -2.33. The first kappa shape index (κ1) is 14.9. The van der Waals surface area contributed by atoms with Crippen LogP contribution in [0.25, 0.3) is 0 Å². The predicted molar refractivity (Wildman–Crippen MR) is 73.2 cm³/mol. The lowest BCUT2D eigenvalue weighted by molar-refractivity contribution is 0.149. The number of hydrogen-bond donors (Lipinski definition) is 2. The summed E-state index contributed by atoms with van der Waals surface area (Å²) >= 11 is 0. The lowest BCUT2D eigenvalue weighted by Crippen LogP contribution is -2.45. The van der Waals surface area contributed by atoms with Crippen LogP contribution in [0, 0.1) is 5.92 Å². The van der Waals surface area contributed by atoms with E-state index in [4.69, 9.17) is 5.11 Å². The Balaban J connectivity index is 2.48. The highest BCUT2D eigenvalue weighted by molar-refractivity contribution is 4.81. The minimum Gasteiger partial charge on any atom is -0.396 e. The van der Waals surface area contributed by atoms with Crippen LogP contribution in [0.2, 0.25) is 0 Å². The molecule has 0 heterocycles. The molecule has 0 spiro atoms. The van der Waals surface area contributed by atoms with Crippen molar-refractivity contribution in [2.24, 2.45) is 5.92 Å². The fourth-order valence-corrected chi connectivity index (χ4v) is 2.88. The van der Waals surface area contributed by atoms with Gasteiger partial charge in [-0.3, -0.25) is 4.90 Å². The maximum Gasteiger partial charge on any atom is 0.0446 e. The molecule has 3 heteroatoms. The van der Waals surface area contributed by atoms with Crippen LogP contribution in [0.4, 0.5) is 0 Å². The molecule has 1 saturated carbocycles. The topological polar surface area (TPSA) is 35.5 Å². The zero-order valence-electron chi connectivity index (χ0n) is 11.8. The molecule has 1 aliphatic rings. The maximum absolute atomic E-state index is 9.07. The van der Waals surface area contributed by atoms with Gasteiger partial charge < -0.3 is 10.4 Å². The van der Waals surface area contributed by atoms with Crippen molar-refractivity contribution in [2.75, 3.05) is 26.7 Å². The first-order chi connectivity index (χ1) is 8.17. The van der Waals surface area contributed by atoms with Gasteiger partial charge in [-0.05, 0) is 32.2 Å². The molecule has 0 radical (unpaired) electrons. The van der Waals surface area contributed by atoms with Crippen LogP contribution in [-0.4, -0.2) is 48.8 Å². The van der Waals surface area contributed by atoms with Crippen LogP contribution < -0.4 is 5.32 Å². The summed E-state index contributed by atoms with van der Waals surface area (Å²) in [6, 6.07) is 1.21. The summed E-state index contributed by atoms with van der Waals surface area (Å²) < 4.78 is 0. The van der Waals surface area contributed by atoms with E-state index in [-0.39, 0.29) is 6.61 Å². The van der Waals surface area contributed by atoms with Gasteiger partial charge in [0.1, 0.15) is 0 Å². The predicted octanol–water partition coefficient (Wildman–Crippen LogP) is 1.86. The normalized spacial score (nSPS) is 19.4. The summed E-state index contributed by atoms with van der Waals surface area (Å²) in [7, 11) is 2.00. The highest BCUT2D eigenvalue weighted by Gasteiger charge is 2.24. The van der Waals surface area contributed by atoms with Crippen molar-refractivity contribution < 1.29 is 5.11 Å². The number of aliphatic hydroxyl groups excluding tert-OH is 1. The average molecular weight is 242 g/mol. The van der Waals surface area contributed by atoms with Gasteiger partial charge in [0.2, 0.25) is 0 Å². The molecule has 0 aromatic heterocycles. The first-order valence-electron chi connectivity index (χ1n) is 7.19. The quantitative estimate of drug-likeness (QED) is 0.682. The smallest absolute Gasteiger partial charge is 0.0446 e. The molecule has 0 aromatic rings. The van der Waals surface area contributed by atoms with Crippen molar-refractivity contribution in [1.29, 1.82) is 0 Å². The van der Waals surface area contributed by atoms with Crippen LogP contribution in [0.1, 0.15) is 46.0 Å². The molecule has 102 valence electrons. The van der Waals surface area contributed by atoms with Crippen molar-refractivity contribution in [3.8, 4) is 0 Å². The average Bonchev–Trinajstić information content (AvgIpc) is 2.80. The van der Waals surface area contributed by atoms with Crippen molar-refractivity contribution in [1.82, 2.24) is 10.2 Å². The second-order valence-corrected chi connectivity index (χ2v) is 5.78. The Morgan fingerprint density at radius 2 is 1.88 bits per heavy atom. The van der Waals surface area contributed by atoms with Gasteiger partial charge in [0.25, 0.3) is 0 Å². The minimum absolute atomic E-state index is 0.283. The van der Waals surface area contributed by atoms with Crippen molar-refractivity contribution in [3.63, 3.8) is 0 Å². The van der Waals surface area contributed by atoms with Crippen LogP contribution >= 0.6 is 0 Å². The monoisotopic (exact) mass is 242 g/mol. The fourth-order valence-electron chi connectivity index (χ4n) is 2.88.